The molecule has 4 rings (SSSR count). The first kappa shape index (κ1) is 18.9. The lowest BCUT2D eigenvalue weighted by molar-refractivity contribution is 0.101. The van der Waals surface area contributed by atoms with Gasteiger partial charge < -0.3 is 0 Å². The van der Waals surface area contributed by atoms with E-state index in [-0.39, 0.29) is 17.4 Å². The number of carbonyl (C=O) groups is 1. The van der Waals surface area contributed by atoms with Crippen LogP contribution in [0.3, 0.4) is 0 Å². The van der Waals surface area contributed by atoms with Crippen molar-refractivity contribution >= 4 is 28.4 Å². The van der Waals surface area contributed by atoms with Crippen LogP contribution in [0.4, 0.5) is 0 Å². The lowest BCUT2D eigenvalue weighted by Crippen LogP contribution is -2.22. The van der Waals surface area contributed by atoms with Gasteiger partial charge in [-0.15, -0.1) is 0 Å². The summed E-state index contributed by atoms with van der Waals surface area (Å²) in [7, 11) is 0. The second-order valence-corrected chi connectivity index (χ2v) is 8.59. The molecule has 0 bridgehead atoms. The number of hydrogen-bond donors (Lipinski definition) is 0. The van der Waals surface area contributed by atoms with Gasteiger partial charge in [-0.3, -0.25) is 14.2 Å². The van der Waals surface area contributed by atoms with E-state index in [4.69, 9.17) is 4.98 Å². The van der Waals surface area contributed by atoms with Crippen molar-refractivity contribution in [2.75, 3.05) is 0 Å². The van der Waals surface area contributed by atoms with Gasteiger partial charge in [-0.25, -0.2) is 4.98 Å². The number of para-hydroxylation sites is 1. The number of aromatic nitrogens is 2. The minimum atomic E-state index is 0.0531. The summed E-state index contributed by atoms with van der Waals surface area (Å²) in [6.45, 7) is 7.72. The number of rotatable bonds is 5. The highest BCUT2D eigenvalue weighted by Gasteiger charge is 2.28. The van der Waals surface area contributed by atoms with Crippen LogP contribution in [0.25, 0.3) is 10.9 Å². The highest BCUT2D eigenvalue weighted by molar-refractivity contribution is 7.98. The van der Waals surface area contributed by atoms with Crippen LogP contribution < -0.4 is 5.56 Å². The van der Waals surface area contributed by atoms with E-state index in [1.165, 1.54) is 5.56 Å². The van der Waals surface area contributed by atoms with Crippen LogP contribution in [0.15, 0.2) is 40.3 Å². The van der Waals surface area contributed by atoms with Gasteiger partial charge in [0.1, 0.15) is 0 Å². The summed E-state index contributed by atoms with van der Waals surface area (Å²) in [6.07, 6.45) is 2.06. The first-order chi connectivity index (χ1) is 13.4. The van der Waals surface area contributed by atoms with E-state index in [0.717, 1.165) is 45.8 Å². The average Bonchev–Trinajstić information content (AvgIpc) is 3.46. The monoisotopic (exact) mass is 392 g/mol. The van der Waals surface area contributed by atoms with Gasteiger partial charge in [0.15, 0.2) is 10.9 Å². The van der Waals surface area contributed by atoms with Crippen molar-refractivity contribution in [3.8, 4) is 0 Å². The highest BCUT2D eigenvalue weighted by atomic mass is 32.2. The van der Waals surface area contributed by atoms with Gasteiger partial charge in [-0.2, -0.15) is 0 Å². The summed E-state index contributed by atoms with van der Waals surface area (Å²) in [5, 5.41) is 1.45. The topological polar surface area (TPSA) is 52.0 Å². The van der Waals surface area contributed by atoms with Gasteiger partial charge in [0.2, 0.25) is 0 Å². The van der Waals surface area contributed by atoms with E-state index >= 15 is 0 Å². The molecule has 2 aromatic carbocycles. The molecule has 3 aromatic rings. The molecule has 0 spiro atoms. The molecule has 0 unspecified atom stereocenters. The molecular weight excluding hydrogens is 368 g/mol. The number of Topliss-reactive ketones (excluding diaryl/α,β-unsaturated/α-hetero) is 1. The molecule has 1 saturated carbocycles. The van der Waals surface area contributed by atoms with Gasteiger partial charge in [0.05, 0.1) is 10.9 Å². The van der Waals surface area contributed by atoms with Crippen LogP contribution in [0.5, 0.6) is 0 Å². The third-order valence-electron chi connectivity index (χ3n) is 5.52. The zero-order valence-corrected chi connectivity index (χ0v) is 17.5. The smallest absolute Gasteiger partial charge is 0.262 e. The lowest BCUT2D eigenvalue weighted by Gasteiger charge is -2.17. The number of fused-ring (bicyclic) bond motifs is 1. The quantitative estimate of drug-likeness (QED) is 0.342. The van der Waals surface area contributed by atoms with Crippen molar-refractivity contribution in [3.05, 3.63) is 68.5 Å². The molecular formula is C23H24N2O2S. The number of ketones is 1. The average molecular weight is 393 g/mol. The fourth-order valence-corrected chi connectivity index (χ4v) is 5.26. The predicted molar refractivity (Wildman–Crippen MR) is 114 cm³/mol. The first-order valence-electron chi connectivity index (χ1n) is 9.63. The van der Waals surface area contributed by atoms with Crippen molar-refractivity contribution in [1.29, 1.82) is 0 Å². The molecule has 28 heavy (non-hydrogen) atoms. The van der Waals surface area contributed by atoms with E-state index in [9.17, 15) is 9.59 Å². The number of hydrogen-bond acceptors (Lipinski definition) is 4. The van der Waals surface area contributed by atoms with Crippen molar-refractivity contribution in [2.45, 2.75) is 57.5 Å². The fourth-order valence-electron chi connectivity index (χ4n) is 4.01. The Kier molecular flexibility index (Phi) is 4.88. The van der Waals surface area contributed by atoms with Gasteiger partial charge in [-0.05, 0) is 74.9 Å². The third kappa shape index (κ3) is 3.28. The number of carbonyl (C=O) groups excluding carboxylic acids is 1. The Balaban J connectivity index is 1.76. The Morgan fingerprint density at radius 2 is 1.89 bits per heavy atom. The second-order valence-electron chi connectivity index (χ2n) is 7.65. The minimum absolute atomic E-state index is 0.0531. The molecule has 0 atom stereocenters. The normalized spacial score (nSPS) is 13.9. The Bertz CT molecular complexity index is 1160. The predicted octanol–water partition coefficient (Wildman–Crippen LogP) is 5.15. The molecule has 4 nitrogen and oxygen atoms in total. The molecule has 144 valence electrons. The minimum Gasteiger partial charge on any atom is -0.294 e. The summed E-state index contributed by atoms with van der Waals surface area (Å²) in [5.74, 6) is 0.787. The zero-order valence-electron chi connectivity index (χ0n) is 16.7. The molecule has 1 heterocycles. The van der Waals surface area contributed by atoms with Crippen molar-refractivity contribution in [1.82, 2.24) is 9.55 Å². The molecule has 0 aliphatic heterocycles. The maximum Gasteiger partial charge on any atom is 0.262 e. The highest BCUT2D eigenvalue weighted by Crippen LogP contribution is 2.38. The lowest BCUT2D eigenvalue weighted by atomic mass is 9.92. The van der Waals surface area contributed by atoms with Crippen LogP contribution in [0, 0.1) is 20.8 Å². The molecule has 1 aliphatic rings. The largest absolute Gasteiger partial charge is 0.294 e. The maximum atomic E-state index is 13.0. The summed E-state index contributed by atoms with van der Waals surface area (Å²) < 4.78 is 1.87. The van der Waals surface area contributed by atoms with Gasteiger partial charge in [0, 0.05) is 17.4 Å². The number of aryl methyl sites for hydroxylation is 2. The molecule has 0 radical (unpaired) electrons. The molecule has 1 fully saturated rings. The Hall–Kier alpha value is -2.40. The van der Waals surface area contributed by atoms with E-state index in [1.54, 1.807) is 18.7 Å². The van der Waals surface area contributed by atoms with Gasteiger partial charge >= 0.3 is 0 Å². The summed E-state index contributed by atoms with van der Waals surface area (Å²) in [4.78, 5) is 29.9. The molecule has 0 saturated heterocycles. The van der Waals surface area contributed by atoms with Gasteiger partial charge in [0.25, 0.3) is 5.56 Å². The van der Waals surface area contributed by atoms with Crippen molar-refractivity contribution in [3.63, 3.8) is 0 Å². The van der Waals surface area contributed by atoms with E-state index in [0.29, 0.717) is 11.1 Å². The molecule has 0 amide bonds. The van der Waals surface area contributed by atoms with Crippen LogP contribution in [-0.2, 0) is 5.75 Å². The van der Waals surface area contributed by atoms with Crippen LogP contribution in [-0.4, -0.2) is 15.3 Å². The van der Waals surface area contributed by atoms with Crippen LogP contribution in [0.2, 0.25) is 0 Å². The number of nitrogens with zero attached hydrogens (tertiary/aromatic N) is 2. The maximum absolute atomic E-state index is 13.0. The number of thioether (sulfide) groups is 1. The van der Waals surface area contributed by atoms with Crippen LogP contribution >= 0.6 is 11.8 Å². The molecule has 5 heteroatoms. The SMILES string of the molecule is CC(=O)c1c(C)cc(C)c(CSc2nc3ccccc3c(=O)n2C2CC2)c1C. The van der Waals surface area contributed by atoms with E-state index < -0.39 is 0 Å². The van der Waals surface area contributed by atoms with Crippen molar-refractivity contribution in [2.24, 2.45) is 0 Å². The van der Waals surface area contributed by atoms with Crippen molar-refractivity contribution < 1.29 is 4.79 Å². The van der Waals surface area contributed by atoms with E-state index in [2.05, 4.69) is 13.0 Å². The number of benzene rings is 2. The second kappa shape index (κ2) is 7.21. The molecule has 1 aromatic heterocycles. The molecule has 0 N–H and O–H groups in total. The fraction of sp³-hybridized carbons (Fsp3) is 0.348. The van der Waals surface area contributed by atoms with E-state index in [1.807, 2.05) is 42.7 Å². The summed E-state index contributed by atoms with van der Waals surface area (Å²) >= 11 is 1.59. The first-order valence-corrected chi connectivity index (χ1v) is 10.6. The van der Waals surface area contributed by atoms with Gasteiger partial charge in [-0.1, -0.05) is 30.0 Å². The summed E-state index contributed by atoms with van der Waals surface area (Å²) in [6, 6.07) is 9.90. The molecule has 1 aliphatic carbocycles. The zero-order chi connectivity index (χ0) is 20.0. The Morgan fingerprint density at radius 1 is 1.18 bits per heavy atom. The third-order valence-corrected chi connectivity index (χ3v) is 6.50. The summed E-state index contributed by atoms with van der Waals surface area (Å²) in [5.41, 5.74) is 6.01. The Morgan fingerprint density at radius 3 is 2.57 bits per heavy atom. The standard InChI is InChI=1S/C23H24N2O2S/c1-13-11-14(2)21(16(4)26)15(3)19(13)12-28-23-24-20-8-6-5-7-18(20)22(27)25(23)17-9-10-17/h5-8,11,17H,9-10,12H2,1-4H3. The van der Waals surface area contributed by atoms with Crippen LogP contribution in [0.1, 0.15) is 58.4 Å². The Labute approximate surface area is 169 Å².